The van der Waals surface area contributed by atoms with Crippen LogP contribution in [0.25, 0.3) is 0 Å². The summed E-state index contributed by atoms with van der Waals surface area (Å²) in [6, 6.07) is 0. The van der Waals surface area contributed by atoms with Gasteiger partial charge in [0, 0.05) is 25.7 Å². The van der Waals surface area contributed by atoms with Gasteiger partial charge in [0.25, 0.3) is 0 Å². The molecule has 0 fully saturated rings. The van der Waals surface area contributed by atoms with Gasteiger partial charge in [0.05, 0.1) is 26.4 Å². The molecule has 19 heteroatoms. The first-order chi connectivity index (χ1) is 48.0. The van der Waals surface area contributed by atoms with Crippen molar-refractivity contribution in [2.45, 2.75) is 445 Å². The Morgan fingerprint density at radius 2 is 0.465 bits per heavy atom. The summed E-state index contributed by atoms with van der Waals surface area (Å²) < 4.78 is 68.6. The van der Waals surface area contributed by atoms with Gasteiger partial charge in [-0.3, -0.25) is 37.3 Å². The van der Waals surface area contributed by atoms with Crippen molar-refractivity contribution < 1.29 is 80.2 Å². The van der Waals surface area contributed by atoms with Crippen molar-refractivity contribution >= 4 is 39.5 Å². The zero-order chi connectivity index (χ0) is 72.7. The van der Waals surface area contributed by atoms with Crippen molar-refractivity contribution in [3.8, 4) is 0 Å². The van der Waals surface area contributed by atoms with E-state index in [-0.39, 0.29) is 25.7 Å². The summed E-state index contributed by atoms with van der Waals surface area (Å²) in [5.41, 5.74) is 0. The number of carbonyl (C=O) groups is 4. The maximum atomic E-state index is 13.1. The molecular weight excluding hydrogens is 1290 g/mol. The Labute approximate surface area is 607 Å². The van der Waals surface area contributed by atoms with E-state index in [0.717, 1.165) is 95.8 Å². The zero-order valence-corrected chi connectivity index (χ0v) is 66.4. The first kappa shape index (κ1) is 97.1. The third-order valence-electron chi connectivity index (χ3n) is 18.8. The molecule has 0 aliphatic carbocycles. The van der Waals surface area contributed by atoms with Crippen LogP contribution in [-0.4, -0.2) is 96.7 Å². The highest BCUT2D eigenvalue weighted by Crippen LogP contribution is 2.45. The Balaban J connectivity index is 5.19. The molecule has 99 heavy (non-hydrogen) atoms. The highest BCUT2D eigenvalue weighted by atomic mass is 31.2. The fourth-order valence-electron chi connectivity index (χ4n) is 12.4. The van der Waals surface area contributed by atoms with E-state index in [2.05, 4.69) is 34.6 Å². The van der Waals surface area contributed by atoms with Crippen LogP contribution in [0, 0.1) is 5.92 Å². The van der Waals surface area contributed by atoms with Crippen molar-refractivity contribution in [3.05, 3.63) is 0 Å². The summed E-state index contributed by atoms with van der Waals surface area (Å²) in [5.74, 6) is -1.32. The number of unbranched alkanes of at least 4 members (excludes halogenated alkanes) is 52. The Kier molecular flexibility index (Phi) is 71.6. The van der Waals surface area contributed by atoms with E-state index in [1.165, 1.54) is 250 Å². The van der Waals surface area contributed by atoms with Gasteiger partial charge in [-0.15, -0.1) is 0 Å². The van der Waals surface area contributed by atoms with Gasteiger partial charge in [0.15, 0.2) is 12.2 Å². The first-order valence-electron chi connectivity index (χ1n) is 41.6. The Bertz CT molecular complexity index is 1890. The van der Waals surface area contributed by atoms with Crippen LogP contribution in [0.4, 0.5) is 0 Å². The largest absolute Gasteiger partial charge is 0.472 e. The van der Waals surface area contributed by atoms with Crippen molar-refractivity contribution in [3.63, 3.8) is 0 Å². The van der Waals surface area contributed by atoms with Gasteiger partial charge in [0.1, 0.15) is 19.3 Å². The van der Waals surface area contributed by atoms with E-state index in [1.54, 1.807) is 0 Å². The molecule has 17 nitrogen and oxygen atoms in total. The van der Waals surface area contributed by atoms with E-state index in [4.69, 9.17) is 37.0 Å². The number of esters is 4. The van der Waals surface area contributed by atoms with Crippen LogP contribution >= 0.6 is 15.6 Å². The number of hydrogen-bond donors (Lipinski definition) is 3. The average Bonchev–Trinajstić information content (AvgIpc) is 1.21. The summed E-state index contributed by atoms with van der Waals surface area (Å²) in [5, 5.41) is 10.6. The smallest absolute Gasteiger partial charge is 0.462 e. The lowest BCUT2D eigenvalue weighted by Gasteiger charge is -2.21. The minimum Gasteiger partial charge on any atom is -0.462 e. The Hall–Kier alpha value is -1.94. The monoisotopic (exact) mass is 1450 g/mol. The van der Waals surface area contributed by atoms with Gasteiger partial charge in [-0.05, 0) is 31.6 Å². The fourth-order valence-corrected chi connectivity index (χ4v) is 14.0. The van der Waals surface area contributed by atoms with Gasteiger partial charge in [-0.1, -0.05) is 375 Å². The van der Waals surface area contributed by atoms with Gasteiger partial charge < -0.3 is 33.8 Å². The van der Waals surface area contributed by atoms with E-state index in [0.29, 0.717) is 25.7 Å². The summed E-state index contributed by atoms with van der Waals surface area (Å²) in [6.45, 7) is 7.32. The van der Waals surface area contributed by atoms with Gasteiger partial charge in [-0.25, -0.2) is 9.13 Å². The second-order valence-electron chi connectivity index (χ2n) is 29.3. The molecule has 0 aromatic rings. The average molecular weight is 1450 g/mol. The molecule has 3 N–H and O–H groups in total. The predicted molar refractivity (Wildman–Crippen MR) is 405 cm³/mol. The van der Waals surface area contributed by atoms with Crippen molar-refractivity contribution in [1.29, 1.82) is 0 Å². The molecule has 0 aromatic heterocycles. The maximum absolute atomic E-state index is 13.1. The molecule has 0 bridgehead atoms. The maximum Gasteiger partial charge on any atom is 0.472 e. The highest BCUT2D eigenvalue weighted by Gasteiger charge is 2.30. The molecule has 5 atom stereocenters. The van der Waals surface area contributed by atoms with Crippen LogP contribution in [0.5, 0.6) is 0 Å². The summed E-state index contributed by atoms with van der Waals surface area (Å²) in [4.78, 5) is 72.9. The second-order valence-corrected chi connectivity index (χ2v) is 32.2. The molecule has 0 aliphatic rings. The van der Waals surface area contributed by atoms with Crippen molar-refractivity contribution in [2.24, 2.45) is 5.92 Å². The van der Waals surface area contributed by atoms with Gasteiger partial charge >= 0.3 is 39.5 Å². The number of phosphoric ester groups is 2. The third-order valence-corrected chi connectivity index (χ3v) is 20.7. The Morgan fingerprint density at radius 1 is 0.273 bits per heavy atom. The molecule has 0 saturated heterocycles. The zero-order valence-electron chi connectivity index (χ0n) is 64.6. The lowest BCUT2D eigenvalue weighted by Crippen LogP contribution is -2.30. The number of aliphatic hydroxyl groups is 1. The number of hydrogen-bond acceptors (Lipinski definition) is 15. The summed E-state index contributed by atoms with van der Waals surface area (Å²) >= 11 is 0. The lowest BCUT2D eigenvalue weighted by molar-refractivity contribution is -0.161. The number of ether oxygens (including phenoxy) is 4. The van der Waals surface area contributed by atoms with Crippen molar-refractivity contribution in [1.82, 2.24) is 0 Å². The van der Waals surface area contributed by atoms with Crippen LogP contribution < -0.4 is 0 Å². The second kappa shape index (κ2) is 73.0. The quantitative estimate of drug-likeness (QED) is 0.0222. The first-order valence-corrected chi connectivity index (χ1v) is 44.6. The SMILES string of the molecule is CCCCCCCCCCCCCCCCCCCCCCCCC(=O)O[C@H](COC(=O)CCCCCCCCCCCCCCCC(C)C)COP(=O)(O)OC[C@@H](O)COP(=O)(O)OC[C@@H](COC(=O)CCCCCCCCCCCC)OC(=O)CCCCCCCCCCCCC. The summed E-state index contributed by atoms with van der Waals surface area (Å²) in [6.07, 6.45) is 63.9. The van der Waals surface area contributed by atoms with Gasteiger partial charge in [0.2, 0.25) is 0 Å². The normalized spacial score (nSPS) is 13.9. The predicted octanol–water partition coefficient (Wildman–Crippen LogP) is 24.0. The van der Waals surface area contributed by atoms with E-state index < -0.39 is 97.5 Å². The number of rotatable bonds is 80. The molecular formula is C80H156O17P2. The third kappa shape index (κ3) is 74.1. The topological polar surface area (TPSA) is 237 Å². The Morgan fingerprint density at radius 3 is 0.687 bits per heavy atom. The fraction of sp³-hybridized carbons (Fsp3) is 0.950. The van der Waals surface area contributed by atoms with Crippen LogP contribution in [0.1, 0.15) is 426 Å². The standard InChI is InChI=1S/C80H156O17P2/c1-6-9-12-15-18-21-24-25-26-27-28-29-30-31-32-33-36-41-46-51-56-61-66-80(85)97-76(70-91-78(83)64-59-54-49-44-40-37-34-35-39-42-47-52-57-62-73(4)5)72-95-99(88,89)93-68-74(81)67-92-98(86,87)94-71-75(69-90-77(82)63-58-53-48-43-23-20-17-14-11-8-3)96-79(84)65-60-55-50-45-38-22-19-16-13-10-7-2/h73-76,81H,6-72H2,1-5H3,(H,86,87)(H,88,89)/t74-,75+,76+/m0/s1. The molecule has 2 unspecified atom stereocenters. The molecule has 0 amide bonds. The van der Waals surface area contributed by atoms with E-state index in [1.807, 2.05) is 0 Å². The van der Waals surface area contributed by atoms with Crippen LogP contribution in [0.3, 0.4) is 0 Å². The van der Waals surface area contributed by atoms with Crippen LogP contribution in [-0.2, 0) is 65.4 Å². The number of carbonyl (C=O) groups excluding carboxylic acids is 4. The molecule has 0 heterocycles. The molecule has 0 spiro atoms. The molecule has 0 saturated carbocycles. The molecule has 588 valence electrons. The van der Waals surface area contributed by atoms with Crippen LogP contribution in [0.15, 0.2) is 0 Å². The van der Waals surface area contributed by atoms with Crippen molar-refractivity contribution in [2.75, 3.05) is 39.6 Å². The van der Waals surface area contributed by atoms with E-state index >= 15 is 0 Å². The highest BCUT2D eigenvalue weighted by molar-refractivity contribution is 7.47. The number of phosphoric acid groups is 2. The lowest BCUT2D eigenvalue weighted by atomic mass is 10.0. The molecule has 0 radical (unpaired) electrons. The summed E-state index contributed by atoms with van der Waals surface area (Å²) in [7, 11) is -9.91. The molecule has 0 aliphatic heterocycles. The van der Waals surface area contributed by atoms with Gasteiger partial charge in [-0.2, -0.15) is 0 Å². The minimum absolute atomic E-state index is 0.107. The van der Waals surface area contributed by atoms with Crippen LogP contribution in [0.2, 0.25) is 0 Å². The minimum atomic E-state index is -4.96. The molecule has 0 aromatic carbocycles. The van der Waals surface area contributed by atoms with E-state index in [9.17, 15) is 43.2 Å². The molecule has 0 rings (SSSR count). The number of aliphatic hydroxyl groups excluding tert-OH is 1.